The molecule has 74 valence electrons. The maximum Gasteiger partial charge on any atom is 0.148 e. The lowest BCUT2D eigenvalue weighted by atomic mass is 10.1. The van der Waals surface area contributed by atoms with E-state index in [2.05, 4.69) is 27.3 Å². The predicted molar refractivity (Wildman–Crippen MR) is 61.4 cm³/mol. The summed E-state index contributed by atoms with van der Waals surface area (Å²) in [5.41, 5.74) is 2.18. The van der Waals surface area contributed by atoms with Crippen molar-refractivity contribution in [3.05, 3.63) is 34.0 Å². The van der Waals surface area contributed by atoms with Gasteiger partial charge < -0.3 is 9.73 Å². The first-order valence-electron chi connectivity index (χ1n) is 4.55. The second-order valence-corrected chi connectivity index (χ2v) is 4.14. The van der Waals surface area contributed by atoms with Gasteiger partial charge in [-0.15, -0.1) is 0 Å². The number of para-hydroxylation sites is 1. The molecule has 0 amide bonds. The summed E-state index contributed by atoms with van der Waals surface area (Å²) in [6.45, 7) is 2.84. The van der Waals surface area contributed by atoms with E-state index in [0.717, 1.165) is 22.4 Å². The van der Waals surface area contributed by atoms with Crippen LogP contribution in [-0.4, -0.2) is 7.05 Å². The van der Waals surface area contributed by atoms with Crippen LogP contribution in [-0.2, 0) is 6.54 Å². The highest BCUT2D eigenvalue weighted by Crippen LogP contribution is 2.30. The zero-order valence-corrected chi connectivity index (χ0v) is 9.81. The molecule has 2 nitrogen and oxygen atoms in total. The maximum absolute atomic E-state index is 5.70. The lowest BCUT2D eigenvalue weighted by molar-refractivity contribution is 0.567. The fourth-order valence-electron chi connectivity index (χ4n) is 1.65. The zero-order chi connectivity index (χ0) is 10.1. The van der Waals surface area contributed by atoms with Crippen molar-refractivity contribution in [2.24, 2.45) is 0 Å². The van der Waals surface area contributed by atoms with Crippen molar-refractivity contribution in [2.45, 2.75) is 13.5 Å². The van der Waals surface area contributed by atoms with Crippen molar-refractivity contribution in [2.75, 3.05) is 7.05 Å². The lowest BCUT2D eigenvalue weighted by Crippen LogP contribution is -2.05. The maximum atomic E-state index is 5.70. The second-order valence-electron chi connectivity index (χ2n) is 3.28. The number of hydrogen-bond acceptors (Lipinski definition) is 2. The molecule has 1 N–H and O–H groups in total. The second kappa shape index (κ2) is 3.75. The Morgan fingerprint density at radius 3 is 2.93 bits per heavy atom. The Hall–Kier alpha value is -0.800. The summed E-state index contributed by atoms with van der Waals surface area (Å²) in [4.78, 5) is 0. The van der Waals surface area contributed by atoms with Gasteiger partial charge in [0.15, 0.2) is 0 Å². The van der Waals surface area contributed by atoms with E-state index < -0.39 is 0 Å². The monoisotopic (exact) mass is 253 g/mol. The predicted octanol–water partition coefficient (Wildman–Crippen LogP) is 3.22. The van der Waals surface area contributed by atoms with Crippen LogP contribution in [0, 0.1) is 6.92 Å². The molecule has 2 rings (SSSR count). The summed E-state index contributed by atoms with van der Waals surface area (Å²) < 4.78 is 6.71. The molecule has 14 heavy (non-hydrogen) atoms. The van der Waals surface area contributed by atoms with Gasteiger partial charge in [-0.05, 0) is 36.0 Å². The third-order valence-corrected chi connectivity index (χ3v) is 2.95. The van der Waals surface area contributed by atoms with Crippen LogP contribution in [0.15, 0.2) is 27.1 Å². The lowest BCUT2D eigenvalue weighted by Gasteiger charge is -1.97. The highest BCUT2D eigenvalue weighted by atomic mass is 79.9. The molecule has 0 bridgehead atoms. The topological polar surface area (TPSA) is 25.2 Å². The van der Waals surface area contributed by atoms with Crippen LogP contribution in [0.4, 0.5) is 0 Å². The molecule has 0 aliphatic heterocycles. The largest absolute Gasteiger partial charge is 0.460 e. The van der Waals surface area contributed by atoms with Gasteiger partial charge in [-0.2, -0.15) is 0 Å². The van der Waals surface area contributed by atoms with Gasteiger partial charge in [-0.1, -0.05) is 12.1 Å². The van der Waals surface area contributed by atoms with Crippen LogP contribution in [0.2, 0.25) is 0 Å². The Kier molecular flexibility index (Phi) is 2.61. The summed E-state index contributed by atoms with van der Waals surface area (Å²) in [5.74, 6) is 0.987. The fourth-order valence-corrected chi connectivity index (χ4v) is 2.10. The van der Waals surface area contributed by atoms with Crippen LogP contribution in [0.1, 0.15) is 11.3 Å². The van der Waals surface area contributed by atoms with Gasteiger partial charge in [0, 0.05) is 17.5 Å². The molecule has 0 aliphatic rings. The molecule has 2 aromatic rings. The summed E-state index contributed by atoms with van der Waals surface area (Å²) in [6.07, 6.45) is 0. The van der Waals surface area contributed by atoms with E-state index in [1.54, 1.807) is 0 Å². The van der Waals surface area contributed by atoms with Gasteiger partial charge in [0.05, 0.1) is 4.47 Å². The molecule has 1 aromatic heterocycles. The Bertz CT molecular complexity index is 462. The van der Waals surface area contributed by atoms with E-state index in [0.29, 0.717) is 0 Å². The molecule has 0 atom stereocenters. The molecule has 0 radical (unpaired) electrons. The minimum Gasteiger partial charge on any atom is -0.460 e. The minimum atomic E-state index is 0.843. The summed E-state index contributed by atoms with van der Waals surface area (Å²) in [6, 6.07) is 6.11. The Morgan fingerprint density at radius 2 is 2.21 bits per heavy atom. The number of benzene rings is 1. The highest BCUT2D eigenvalue weighted by Gasteiger charge is 2.11. The van der Waals surface area contributed by atoms with Crippen molar-refractivity contribution < 1.29 is 4.42 Å². The Balaban J connectivity index is 2.70. The molecular formula is C11H12BrNO. The summed E-state index contributed by atoms with van der Waals surface area (Å²) >= 11 is 3.48. The SMILES string of the molecule is CNCc1c(C)oc2c(Br)cccc12. The van der Waals surface area contributed by atoms with E-state index in [9.17, 15) is 0 Å². The van der Waals surface area contributed by atoms with E-state index in [1.165, 1.54) is 10.9 Å². The first-order chi connectivity index (χ1) is 6.74. The number of aryl methyl sites for hydroxylation is 1. The molecular weight excluding hydrogens is 242 g/mol. The number of hydrogen-bond donors (Lipinski definition) is 1. The number of halogens is 1. The van der Waals surface area contributed by atoms with E-state index in [1.807, 2.05) is 26.1 Å². The van der Waals surface area contributed by atoms with E-state index >= 15 is 0 Å². The molecule has 0 saturated heterocycles. The molecule has 0 unspecified atom stereocenters. The number of nitrogens with one attached hydrogen (secondary N) is 1. The van der Waals surface area contributed by atoms with Crippen molar-refractivity contribution in [1.82, 2.24) is 5.32 Å². The third-order valence-electron chi connectivity index (χ3n) is 2.33. The zero-order valence-electron chi connectivity index (χ0n) is 8.23. The van der Waals surface area contributed by atoms with Gasteiger partial charge in [-0.3, -0.25) is 0 Å². The molecule has 1 aromatic carbocycles. The molecule has 0 aliphatic carbocycles. The van der Waals surface area contributed by atoms with Crippen LogP contribution in [0.3, 0.4) is 0 Å². The van der Waals surface area contributed by atoms with Gasteiger partial charge in [0.25, 0.3) is 0 Å². The van der Waals surface area contributed by atoms with Crippen molar-refractivity contribution >= 4 is 26.9 Å². The average molecular weight is 254 g/mol. The molecule has 3 heteroatoms. The molecule has 0 spiro atoms. The smallest absolute Gasteiger partial charge is 0.148 e. The van der Waals surface area contributed by atoms with Crippen LogP contribution >= 0.6 is 15.9 Å². The third kappa shape index (κ3) is 1.47. The van der Waals surface area contributed by atoms with Gasteiger partial charge in [-0.25, -0.2) is 0 Å². The van der Waals surface area contributed by atoms with E-state index in [-0.39, 0.29) is 0 Å². The normalized spacial score (nSPS) is 11.1. The first-order valence-corrected chi connectivity index (χ1v) is 5.34. The van der Waals surface area contributed by atoms with Gasteiger partial charge in [0.2, 0.25) is 0 Å². The highest BCUT2D eigenvalue weighted by molar-refractivity contribution is 9.10. The van der Waals surface area contributed by atoms with Crippen molar-refractivity contribution in [3.63, 3.8) is 0 Å². The molecule has 0 fully saturated rings. The quantitative estimate of drug-likeness (QED) is 0.890. The van der Waals surface area contributed by atoms with E-state index in [4.69, 9.17) is 4.42 Å². The summed E-state index contributed by atoms with van der Waals surface area (Å²) in [5, 5.41) is 4.33. The number of furan rings is 1. The van der Waals surface area contributed by atoms with Crippen molar-refractivity contribution in [1.29, 1.82) is 0 Å². The Labute approximate surface area is 91.4 Å². The van der Waals surface area contributed by atoms with Crippen LogP contribution in [0.5, 0.6) is 0 Å². The van der Waals surface area contributed by atoms with Crippen LogP contribution in [0.25, 0.3) is 11.0 Å². The number of fused-ring (bicyclic) bond motifs is 1. The van der Waals surface area contributed by atoms with Crippen LogP contribution < -0.4 is 5.32 Å². The average Bonchev–Trinajstić information content (AvgIpc) is 2.47. The van der Waals surface area contributed by atoms with Gasteiger partial charge >= 0.3 is 0 Å². The van der Waals surface area contributed by atoms with Crippen molar-refractivity contribution in [3.8, 4) is 0 Å². The Morgan fingerprint density at radius 1 is 1.43 bits per heavy atom. The minimum absolute atomic E-state index is 0.843. The summed E-state index contributed by atoms with van der Waals surface area (Å²) in [7, 11) is 1.94. The fraction of sp³-hybridized carbons (Fsp3) is 0.273. The number of rotatable bonds is 2. The first kappa shape index (κ1) is 9.74. The molecule has 0 saturated carbocycles. The van der Waals surface area contributed by atoms with Gasteiger partial charge in [0.1, 0.15) is 11.3 Å². The standard InChI is InChI=1S/C11H12BrNO/c1-7-9(6-13-2)8-4-3-5-10(12)11(8)14-7/h3-5,13H,6H2,1-2H3. The molecule has 1 heterocycles.